The van der Waals surface area contributed by atoms with Gasteiger partial charge in [0, 0.05) is 31.4 Å². The maximum absolute atomic E-state index is 3.42. The van der Waals surface area contributed by atoms with Crippen LogP contribution in [0.5, 0.6) is 0 Å². The fraction of sp³-hybridized carbons (Fsp3) is 0.625. The van der Waals surface area contributed by atoms with Gasteiger partial charge in [-0.15, -0.1) is 0 Å². The molecule has 104 valence electrons. The summed E-state index contributed by atoms with van der Waals surface area (Å²) in [5, 5.41) is 3.42. The second kappa shape index (κ2) is 5.51. The van der Waals surface area contributed by atoms with Gasteiger partial charge in [0.05, 0.1) is 0 Å². The molecule has 3 heteroatoms. The van der Waals surface area contributed by atoms with E-state index in [-0.39, 0.29) is 0 Å². The van der Waals surface area contributed by atoms with Crippen molar-refractivity contribution in [3.63, 3.8) is 0 Å². The topological polar surface area (TPSA) is 18.5 Å². The van der Waals surface area contributed by atoms with Gasteiger partial charge in [0.25, 0.3) is 0 Å². The highest BCUT2D eigenvalue weighted by atomic mass is 15.2. The van der Waals surface area contributed by atoms with E-state index < -0.39 is 0 Å². The summed E-state index contributed by atoms with van der Waals surface area (Å²) >= 11 is 0. The minimum absolute atomic E-state index is 0.751. The van der Waals surface area contributed by atoms with E-state index in [2.05, 4.69) is 47.4 Å². The minimum atomic E-state index is 0.751. The molecule has 1 aromatic carbocycles. The van der Waals surface area contributed by atoms with Crippen LogP contribution in [-0.4, -0.2) is 49.6 Å². The Balaban J connectivity index is 1.58. The number of hydrogen-bond acceptors (Lipinski definition) is 3. The van der Waals surface area contributed by atoms with E-state index in [0.717, 1.165) is 19.1 Å². The second-order valence-corrected chi connectivity index (χ2v) is 6.14. The molecule has 0 saturated carbocycles. The smallest absolute Gasteiger partial charge is 0.0373 e. The predicted molar refractivity (Wildman–Crippen MR) is 80.6 cm³/mol. The summed E-state index contributed by atoms with van der Waals surface area (Å²) in [7, 11) is 4.50. The van der Waals surface area contributed by atoms with E-state index >= 15 is 0 Å². The lowest BCUT2D eigenvalue weighted by molar-refractivity contribution is 0.215. The van der Waals surface area contributed by atoms with Crippen molar-refractivity contribution in [1.29, 1.82) is 0 Å². The Kier molecular flexibility index (Phi) is 3.76. The lowest BCUT2D eigenvalue weighted by atomic mass is 10.1. The van der Waals surface area contributed by atoms with Crippen LogP contribution in [0.2, 0.25) is 0 Å². The van der Waals surface area contributed by atoms with Gasteiger partial charge in [0.15, 0.2) is 0 Å². The van der Waals surface area contributed by atoms with E-state index in [1.807, 2.05) is 0 Å². The highest BCUT2D eigenvalue weighted by Crippen LogP contribution is 2.24. The Hall–Kier alpha value is -1.06. The van der Waals surface area contributed by atoms with Crippen molar-refractivity contribution < 1.29 is 0 Å². The number of nitrogens with one attached hydrogen (secondary N) is 1. The molecule has 0 amide bonds. The Labute approximate surface area is 116 Å². The number of benzene rings is 1. The van der Waals surface area contributed by atoms with Crippen LogP contribution in [0.3, 0.4) is 0 Å². The average molecular weight is 259 g/mol. The highest BCUT2D eigenvalue weighted by Gasteiger charge is 2.22. The summed E-state index contributed by atoms with van der Waals surface area (Å²) in [5.41, 5.74) is 4.27. The lowest BCUT2D eigenvalue weighted by Crippen LogP contribution is -2.36. The zero-order valence-electron chi connectivity index (χ0n) is 12.2. The third-order valence-electron chi connectivity index (χ3n) is 4.53. The Morgan fingerprint density at radius 2 is 2.32 bits per heavy atom. The molecule has 2 aliphatic heterocycles. The van der Waals surface area contributed by atoms with Crippen LogP contribution >= 0.6 is 0 Å². The fourth-order valence-corrected chi connectivity index (χ4v) is 3.40. The average Bonchev–Trinajstić information content (AvgIpc) is 2.98. The van der Waals surface area contributed by atoms with Crippen LogP contribution in [0.25, 0.3) is 0 Å². The second-order valence-electron chi connectivity index (χ2n) is 6.14. The van der Waals surface area contributed by atoms with Crippen LogP contribution < -0.4 is 5.32 Å². The third-order valence-corrected chi connectivity index (χ3v) is 4.53. The number of likely N-dealkylation sites (N-methyl/N-ethyl adjacent to an activating group) is 2. The summed E-state index contributed by atoms with van der Waals surface area (Å²) in [6, 6.07) is 7.64. The van der Waals surface area contributed by atoms with Crippen LogP contribution in [-0.2, 0) is 13.0 Å². The predicted octanol–water partition coefficient (Wildman–Crippen LogP) is 2.18. The molecule has 1 saturated heterocycles. The first-order chi connectivity index (χ1) is 9.22. The first-order valence-corrected chi connectivity index (χ1v) is 7.47. The SMILES string of the molecule is CN(Cc1ccc2c(c1)CCN2)CC1CCCN1C. The van der Waals surface area contributed by atoms with Crippen molar-refractivity contribution in [2.45, 2.75) is 31.8 Å². The standard InChI is InChI=1S/C16H25N3/c1-18(12-15-4-3-9-19(15)2)11-13-5-6-16-14(10-13)7-8-17-16/h5-6,10,15,17H,3-4,7-9,11-12H2,1-2H3. The minimum Gasteiger partial charge on any atom is -0.384 e. The van der Waals surface area contributed by atoms with Crippen molar-refractivity contribution in [2.75, 3.05) is 39.0 Å². The molecule has 1 unspecified atom stereocenters. The largest absolute Gasteiger partial charge is 0.384 e. The maximum Gasteiger partial charge on any atom is 0.0373 e. The number of nitrogens with zero attached hydrogens (tertiary/aromatic N) is 2. The Morgan fingerprint density at radius 1 is 1.42 bits per heavy atom. The van der Waals surface area contributed by atoms with Gasteiger partial charge in [-0.05, 0) is 57.1 Å². The first-order valence-electron chi connectivity index (χ1n) is 7.47. The van der Waals surface area contributed by atoms with Gasteiger partial charge in [0.1, 0.15) is 0 Å². The Bertz CT molecular complexity index is 444. The van der Waals surface area contributed by atoms with Crippen molar-refractivity contribution >= 4 is 5.69 Å². The van der Waals surface area contributed by atoms with Gasteiger partial charge in [0.2, 0.25) is 0 Å². The zero-order valence-corrected chi connectivity index (χ0v) is 12.2. The van der Waals surface area contributed by atoms with Gasteiger partial charge in [-0.1, -0.05) is 12.1 Å². The normalized spacial score (nSPS) is 22.8. The summed E-state index contributed by atoms with van der Waals surface area (Å²) in [5.74, 6) is 0. The van der Waals surface area contributed by atoms with Crippen LogP contribution in [0.4, 0.5) is 5.69 Å². The molecule has 0 radical (unpaired) electrons. The highest BCUT2D eigenvalue weighted by molar-refractivity contribution is 5.56. The summed E-state index contributed by atoms with van der Waals surface area (Å²) in [4.78, 5) is 4.97. The molecule has 1 N–H and O–H groups in total. The fourth-order valence-electron chi connectivity index (χ4n) is 3.40. The number of fused-ring (bicyclic) bond motifs is 1. The third kappa shape index (κ3) is 2.93. The van der Waals surface area contributed by atoms with Gasteiger partial charge in [-0.25, -0.2) is 0 Å². The quantitative estimate of drug-likeness (QED) is 0.894. The van der Waals surface area contributed by atoms with Crippen LogP contribution in [0.1, 0.15) is 24.0 Å². The maximum atomic E-state index is 3.42. The van der Waals surface area contributed by atoms with Gasteiger partial charge < -0.3 is 15.1 Å². The van der Waals surface area contributed by atoms with Crippen LogP contribution in [0.15, 0.2) is 18.2 Å². The van der Waals surface area contributed by atoms with E-state index in [1.54, 1.807) is 0 Å². The van der Waals surface area contributed by atoms with E-state index in [1.165, 1.54) is 49.2 Å². The summed E-state index contributed by atoms with van der Waals surface area (Å²) in [6.07, 6.45) is 3.90. The van der Waals surface area contributed by atoms with E-state index in [9.17, 15) is 0 Å². The van der Waals surface area contributed by atoms with Gasteiger partial charge in [-0.2, -0.15) is 0 Å². The number of likely N-dealkylation sites (tertiary alicyclic amines) is 1. The molecule has 3 rings (SSSR count). The number of anilines is 1. The van der Waals surface area contributed by atoms with E-state index in [4.69, 9.17) is 0 Å². The molecule has 19 heavy (non-hydrogen) atoms. The zero-order chi connectivity index (χ0) is 13.2. The van der Waals surface area contributed by atoms with Crippen molar-refractivity contribution in [1.82, 2.24) is 9.80 Å². The first kappa shape index (κ1) is 12.9. The molecule has 0 aromatic heterocycles. The number of rotatable bonds is 4. The molecule has 0 bridgehead atoms. The van der Waals surface area contributed by atoms with Crippen molar-refractivity contribution in [3.8, 4) is 0 Å². The summed E-state index contributed by atoms with van der Waals surface area (Å²) < 4.78 is 0. The molecule has 0 aliphatic carbocycles. The van der Waals surface area contributed by atoms with E-state index in [0.29, 0.717) is 0 Å². The Morgan fingerprint density at radius 3 is 3.11 bits per heavy atom. The van der Waals surface area contributed by atoms with Crippen LogP contribution in [0, 0.1) is 0 Å². The number of hydrogen-bond donors (Lipinski definition) is 1. The summed E-state index contributed by atoms with van der Waals surface area (Å²) in [6.45, 7) is 4.62. The lowest BCUT2D eigenvalue weighted by Gasteiger charge is -2.26. The molecule has 2 heterocycles. The van der Waals surface area contributed by atoms with Gasteiger partial charge in [-0.3, -0.25) is 0 Å². The molecular formula is C16H25N3. The van der Waals surface area contributed by atoms with Crippen molar-refractivity contribution in [3.05, 3.63) is 29.3 Å². The monoisotopic (exact) mass is 259 g/mol. The molecule has 0 spiro atoms. The molecule has 1 fully saturated rings. The molecule has 3 nitrogen and oxygen atoms in total. The van der Waals surface area contributed by atoms with Gasteiger partial charge >= 0.3 is 0 Å². The molecule has 2 aliphatic rings. The molecule has 1 aromatic rings. The molecular weight excluding hydrogens is 234 g/mol. The van der Waals surface area contributed by atoms with Crippen molar-refractivity contribution in [2.24, 2.45) is 0 Å². The molecule has 1 atom stereocenters.